The number of furan rings is 1. The Morgan fingerprint density at radius 1 is 1.07 bits per heavy atom. The van der Waals surface area contributed by atoms with E-state index in [0.717, 1.165) is 36.3 Å². The molecule has 2 heterocycles. The number of rotatable bonds is 7. The first-order valence-electron chi connectivity index (χ1n) is 9.84. The zero-order valence-corrected chi connectivity index (χ0v) is 16.1. The minimum Gasteiger partial charge on any atom is -0.492 e. The molecule has 1 atom stereocenters. The molecule has 0 saturated heterocycles. The Kier molecular flexibility index (Phi) is 5.47. The molecule has 1 amide bonds. The van der Waals surface area contributed by atoms with Crippen LogP contribution in [0.4, 0.5) is 0 Å². The highest BCUT2D eigenvalue weighted by Crippen LogP contribution is 2.31. The predicted molar refractivity (Wildman–Crippen MR) is 108 cm³/mol. The summed E-state index contributed by atoms with van der Waals surface area (Å²) in [5, 5.41) is 0. The van der Waals surface area contributed by atoms with Crippen molar-refractivity contribution in [3.63, 3.8) is 0 Å². The number of aryl methyl sites for hydroxylation is 1. The fourth-order valence-corrected chi connectivity index (χ4v) is 3.71. The number of fused-ring (bicyclic) bond motifs is 1. The molecule has 2 aromatic carbocycles. The van der Waals surface area contributed by atoms with Gasteiger partial charge in [0.25, 0.3) is 5.91 Å². The van der Waals surface area contributed by atoms with Gasteiger partial charge in [-0.25, -0.2) is 0 Å². The minimum atomic E-state index is -0.00397. The summed E-state index contributed by atoms with van der Waals surface area (Å²) in [5.41, 5.74) is 3.04. The summed E-state index contributed by atoms with van der Waals surface area (Å²) < 4.78 is 11.3. The van der Waals surface area contributed by atoms with Gasteiger partial charge in [0.15, 0.2) is 0 Å². The first-order valence-corrected chi connectivity index (χ1v) is 9.84. The summed E-state index contributed by atoms with van der Waals surface area (Å²) in [6, 6.07) is 20.1. The molecule has 4 nitrogen and oxygen atoms in total. The summed E-state index contributed by atoms with van der Waals surface area (Å²) >= 11 is 0. The Bertz CT molecular complexity index is 918. The maximum Gasteiger partial charge on any atom is 0.258 e. The Hall–Kier alpha value is -3.01. The monoisotopic (exact) mass is 375 g/mol. The highest BCUT2D eigenvalue weighted by Gasteiger charge is 2.27. The van der Waals surface area contributed by atoms with Crippen molar-refractivity contribution in [1.82, 2.24) is 4.90 Å². The molecule has 0 spiro atoms. The zero-order valence-electron chi connectivity index (χ0n) is 16.1. The SMILES string of the molecule is C[C@@H](CCc1ccccc1)N(Cc1ccco1)C(=O)c1cccc2c1OCC2. The largest absolute Gasteiger partial charge is 0.492 e. The van der Waals surface area contributed by atoms with Crippen LogP contribution in [0, 0.1) is 0 Å². The molecule has 4 rings (SSSR count). The molecule has 0 N–H and O–H groups in total. The Labute approximate surface area is 165 Å². The molecular formula is C24H25NO3. The average Bonchev–Trinajstić information content (AvgIpc) is 3.42. The van der Waals surface area contributed by atoms with E-state index in [0.29, 0.717) is 18.7 Å². The summed E-state index contributed by atoms with van der Waals surface area (Å²) in [7, 11) is 0. The lowest BCUT2D eigenvalue weighted by Crippen LogP contribution is -2.38. The maximum absolute atomic E-state index is 13.5. The van der Waals surface area contributed by atoms with Gasteiger partial charge in [-0.05, 0) is 49.1 Å². The van der Waals surface area contributed by atoms with Crippen LogP contribution in [-0.4, -0.2) is 23.5 Å². The van der Waals surface area contributed by atoms with E-state index in [4.69, 9.17) is 9.15 Å². The predicted octanol–water partition coefficient (Wildman–Crippen LogP) is 4.88. The number of hydrogen-bond donors (Lipinski definition) is 0. The highest BCUT2D eigenvalue weighted by molar-refractivity contribution is 5.97. The fraction of sp³-hybridized carbons (Fsp3) is 0.292. The van der Waals surface area contributed by atoms with E-state index in [1.807, 2.05) is 41.3 Å². The van der Waals surface area contributed by atoms with Crippen LogP contribution in [-0.2, 0) is 19.4 Å². The van der Waals surface area contributed by atoms with Crippen molar-refractivity contribution in [1.29, 1.82) is 0 Å². The molecular weight excluding hydrogens is 350 g/mol. The molecule has 0 bridgehead atoms. The van der Waals surface area contributed by atoms with E-state index >= 15 is 0 Å². The van der Waals surface area contributed by atoms with Gasteiger partial charge in [0.1, 0.15) is 11.5 Å². The second-order valence-electron chi connectivity index (χ2n) is 7.28. The molecule has 0 unspecified atom stereocenters. The molecule has 0 fully saturated rings. The first-order chi connectivity index (χ1) is 13.7. The maximum atomic E-state index is 13.5. The minimum absolute atomic E-state index is 0.00397. The van der Waals surface area contributed by atoms with Crippen LogP contribution in [0.25, 0.3) is 0 Å². The Balaban J connectivity index is 1.56. The van der Waals surface area contributed by atoms with Gasteiger partial charge in [0, 0.05) is 12.5 Å². The zero-order chi connectivity index (χ0) is 19.3. The molecule has 3 aromatic rings. The third-order valence-electron chi connectivity index (χ3n) is 5.34. The van der Waals surface area contributed by atoms with Crippen molar-refractivity contribution in [2.75, 3.05) is 6.61 Å². The molecule has 1 aliphatic rings. The summed E-state index contributed by atoms with van der Waals surface area (Å²) in [5.74, 6) is 1.52. The number of benzene rings is 2. The Morgan fingerprint density at radius 3 is 2.71 bits per heavy atom. The quantitative estimate of drug-likeness (QED) is 0.591. The van der Waals surface area contributed by atoms with Gasteiger partial charge in [-0.15, -0.1) is 0 Å². The van der Waals surface area contributed by atoms with Crippen molar-refractivity contribution in [3.05, 3.63) is 89.4 Å². The highest BCUT2D eigenvalue weighted by atomic mass is 16.5. The van der Waals surface area contributed by atoms with Crippen molar-refractivity contribution in [3.8, 4) is 5.75 Å². The van der Waals surface area contributed by atoms with Crippen molar-refractivity contribution < 1.29 is 13.9 Å². The van der Waals surface area contributed by atoms with Gasteiger partial charge in [-0.3, -0.25) is 4.79 Å². The number of nitrogens with zero attached hydrogens (tertiary/aromatic N) is 1. The number of ether oxygens (including phenoxy) is 1. The van der Waals surface area contributed by atoms with Gasteiger partial charge in [0.2, 0.25) is 0 Å². The fourth-order valence-electron chi connectivity index (χ4n) is 3.71. The van der Waals surface area contributed by atoms with Crippen LogP contribution in [0.3, 0.4) is 0 Å². The van der Waals surface area contributed by atoms with Crippen LogP contribution in [0.15, 0.2) is 71.3 Å². The van der Waals surface area contributed by atoms with Crippen LogP contribution in [0.5, 0.6) is 5.75 Å². The molecule has 0 saturated carbocycles. The molecule has 1 aliphatic heterocycles. The van der Waals surface area contributed by atoms with Crippen molar-refractivity contribution >= 4 is 5.91 Å². The van der Waals surface area contributed by atoms with Crippen LogP contribution >= 0.6 is 0 Å². The van der Waals surface area contributed by atoms with E-state index in [1.165, 1.54) is 5.56 Å². The smallest absolute Gasteiger partial charge is 0.258 e. The summed E-state index contributed by atoms with van der Waals surface area (Å²) in [6.07, 6.45) is 4.31. The van der Waals surface area contributed by atoms with Crippen molar-refractivity contribution in [2.24, 2.45) is 0 Å². The van der Waals surface area contributed by atoms with Gasteiger partial charge >= 0.3 is 0 Å². The van der Waals surface area contributed by atoms with Gasteiger partial charge < -0.3 is 14.1 Å². The number of carbonyl (C=O) groups excluding carboxylic acids is 1. The third-order valence-corrected chi connectivity index (χ3v) is 5.34. The standard InChI is InChI=1S/C24H25NO3/c1-18(12-13-19-7-3-2-4-8-19)25(17-21-10-6-15-27-21)24(26)22-11-5-9-20-14-16-28-23(20)22/h2-11,15,18H,12-14,16-17H2,1H3/t18-/m0/s1. The van der Waals surface area contributed by atoms with E-state index < -0.39 is 0 Å². The molecule has 28 heavy (non-hydrogen) atoms. The third kappa shape index (κ3) is 3.96. The van der Waals surface area contributed by atoms with Gasteiger partial charge in [-0.1, -0.05) is 42.5 Å². The molecule has 0 radical (unpaired) electrons. The molecule has 1 aromatic heterocycles. The topological polar surface area (TPSA) is 42.7 Å². The second-order valence-corrected chi connectivity index (χ2v) is 7.28. The Morgan fingerprint density at radius 2 is 1.93 bits per heavy atom. The number of para-hydroxylation sites is 1. The van der Waals surface area contributed by atoms with Crippen LogP contribution < -0.4 is 4.74 Å². The average molecular weight is 375 g/mol. The van der Waals surface area contributed by atoms with E-state index in [1.54, 1.807) is 6.26 Å². The first kappa shape index (κ1) is 18.4. The molecule has 0 aliphatic carbocycles. The molecule has 4 heteroatoms. The number of carbonyl (C=O) groups is 1. The van der Waals surface area contributed by atoms with E-state index in [2.05, 4.69) is 31.2 Å². The van der Waals surface area contributed by atoms with Gasteiger partial charge in [0.05, 0.1) is 25.0 Å². The summed E-state index contributed by atoms with van der Waals surface area (Å²) in [4.78, 5) is 15.4. The lowest BCUT2D eigenvalue weighted by molar-refractivity contribution is 0.0648. The molecule has 144 valence electrons. The lowest BCUT2D eigenvalue weighted by atomic mass is 10.0. The summed E-state index contributed by atoms with van der Waals surface area (Å²) in [6.45, 7) is 3.20. The van der Waals surface area contributed by atoms with Crippen molar-refractivity contribution in [2.45, 2.75) is 38.8 Å². The van der Waals surface area contributed by atoms with Crippen LogP contribution in [0.2, 0.25) is 0 Å². The lowest BCUT2D eigenvalue weighted by Gasteiger charge is -2.29. The van der Waals surface area contributed by atoms with E-state index in [-0.39, 0.29) is 11.9 Å². The van der Waals surface area contributed by atoms with Crippen LogP contribution in [0.1, 0.15) is 40.6 Å². The normalized spacial score (nSPS) is 13.6. The number of amides is 1. The number of hydrogen-bond acceptors (Lipinski definition) is 3. The van der Waals surface area contributed by atoms with E-state index in [9.17, 15) is 4.79 Å². The second kappa shape index (κ2) is 8.34. The van der Waals surface area contributed by atoms with Gasteiger partial charge in [-0.2, -0.15) is 0 Å².